The van der Waals surface area contributed by atoms with Gasteiger partial charge < -0.3 is 19.5 Å². The van der Waals surface area contributed by atoms with Crippen LogP contribution >= 0.6 is 0 Å². The van der Waals surface area contributed by atoms with E-state index >= 15 is 0 Å². The molecule has 1 N–H and O–H groups in total. The average Bonchev–Trinajstić information content (AvgIpc) is 3.27. The van der Waals surface area contributed by atoms with Crippen molar-refractivity contribution in [1.29, 1.82) is 0 Å². The second-order valence-corrected chi connectivity index (χ2v) is 7.39. The van der Waals surface area contributed by atoms with Crippen molar-refractivity contribution in [1.82, 2.24) is 25.3 Å². The molecule has 1 fully saturated rings. The van der Waals surface area contributed by atoms with Gasteiger partial charge >= 0.3 is 6.03 Å². The summed E-state index contributed by atoms with van der Waals surface area (Å²) in [7, 11) is 1.64. The highest BCUT2D eigenvalue weighted by atomic mass is 16.5. The molecule has 1 aliphatic rings. The maximum Gasteiger partial charge on any atom is 0.317 e. The number of hydrogen-bond acceptors (Lipinski definition) is 6. The molecule has 1 saturated heterocycles. The van der Waals surface area contributed by atoms with Crippen LogP contribution in [0.4, 0.5) is 4.79 Å². The van der Waals surface area contributed by atoms with Crippen LogP contribution in [0.25, 0.3) is 11.4 Å². The highest BCUT2D eigenvalue weighted by molar-refractivity contribution is 5.74. The summed E-state index contributed by atoms with van der Waals surface area (Å²) in [6.07, 6.45) is 5.99. The zero-order valence-electron chi connectivity index (χ0n) is 17.0. The molecule has 0 bridgehead atoms. The van der Waals surface area contributed by atoms with Crippen LogP contribution in [0.3, 0.4) is 0 Å². The molecule has 0 aliphatic carbocycles. The molecule has 30 heavy (non-hydrogen) atoms. The Morgan fingerprint density at radius 3 is 2.60 bits per heavy atom. The van der Waals surface area contributed by atoms with Gasteiger partial charge in [-0.3, -0.25) is 4.98 Å². The molecule has 156 valence electrons. The molecule has 4 rings (SSSR count). The Balaban J connectivity index is 1.22. The van der Waals surface area contributed by atoms with Crippen LogP contribution in [0.5, 0.6) is 5.75 Å². The van der Waals surface area contributed by atoms with Crippen molar-refractivity contribution < 1.29 is 14.1 Å². The summed E-state index contributed by atoms with van der Waals surface area (Å²) < 4.78 is 10.6. The molecule has 0 spiro atoms. The summed E-state index contributed by atoms with van der Waals surface area (Å²) in [5.74, 6) is 2.47. The fourth-order valence-electron chi connectivity index (χ4n) is 3.58. The largest absolute Gasteiger partial charge is 0.497 e. The molecular formula is C22H25N5O3. The maximum atomic E-state index is 12.5. The number of carbonyl (C=O) groups excluding carboxylic acids is 1. The second-order valence-electron chi connectivity index (χ2n) is 7.39. The van der Waals surface area contributed by atoms with E-state index in [1.165, 1.54) is 0 Å². The SMILES string of the molecule is COc1ccc(CNC(=O)N2CCC(Cc3nc(-c4ccncc4)no3)CC2)cc1. The Morgan fingerprint density at radius 1 is 1.17 bits per heavy atom. The third-order valence-electron chi connectivity index (χ3n) is 5.37. The first kappa shape index (κ1) is 19.9. The third-order valence-corrected chi connectivity index (χ3v) is 5.37. The highest BCUT2D eigenvalue weighted by Crippen LogP contribution is 2.23. The molecule has 2 aromatic heterocycles. The Bertz CT molecular complexity index is 950. The number of carbonyl (C=O) groups is 1. The molecule has 0 radical (unpaired) electrons. The van der Waals surface area contributed by atoms with Crippen molar-refractivity contribution in [2.24, 2.45) is 5.92 Å². The van der Waals surface area contributed by atoms with Gasteiger partial charge in [-0.2, -0.15) is 4.98 Å². The number of pyridine rings is 1. The number of likely N-dealkylation sites (tertiary alicyclic amines) is 1. The lowest BCUT2D eigenvalue weighted by atomic mass is 9.94. The molecule has 0 saturated carbocycles. The van der Waals surface area contributed by atoms with Crippen LogP contribution in [0.15, 0.2) is 53.3 Å². The zero-order valence-corrected chi connectivity index (χ0v) is 17.0. The summed E-state index contributed by atoms with van der Waals surface area (Å²) in [5.41, 5.74) is 1.93. The van der Waals surface area contributed by atoms with Crippen molar-refractivity contribution in [2.45, 2.75) is 25.8 Å². The second kappa shape index (κ2) is 9.39. The lowest BCUT2D eigenvalue weighted by Gasteiger charge is -2.31. The number of rotatable bonds is 6. The molecule has 1 aliphatic heterocycles. The standard InChI is InChI=1S/C22H25N5O3/c1-29-19-4-2-17(3-5-19)15-24-22(28)27-12-8-16(9-13-27)14-20-25-21(26-30-20)18-6-10-23-11-7-18/h2-7,10-11,16H,8-9,12-15H2,1H3,(H,24,28). The van der Waals surface area contributed by atoms with Crippen LogP contribution in [-0.2, 0) is 13.0 Å². The lowest BCUT2D eigenvalue weighted by molar-refractivity contribution is 0.167. The smallest absolute Gasteiger partial charge is 0.317 e. The number of nitrogens with zero attached hydrogens (tertiary/aromatic N) is 4. The number of urea groups is 1. The van der Waals surface area contributed by atoms with Crippen LogP contribution in [0, 0.1) is 5.92 Å². The van der Waals surface area contributed by atoms with E-state index in [1.54, 1.807) is 19.5 Å². The molecule has 0 unspecified atom stereocenters. The first-order valence-electron chi connectivity index (χ1n) is 10.1. The van der Waals surface area contributed by atoms with E-state index in [2.05, 4.69) is 20.4 Å². The fourth-order valence-corrected chi connectivity index (χ4v) is 3.58. The van der Waals surface area contributed by atoms with E-state index in [9.17, 15) is 4.79 Å². The maximum absolute atomic E-state index is 12.5. The Labute approximate surface area is 175 Å². The van der Waals surface area contributed by atoms with Gasteiger partial charge in [-0.05, 0) is 48.6 Å². The van der Waals surface area contributed by atoms with E-state index in [-0.39, 0.29) is 6.03 Å². The van der Waals surface area contributed by atoms with Gasteiger partial charge in [-0.15, -0.1) is 0 Å². The van der Waals surface area contributed by atoms with Gasteiger partial charge in [-0.25, -0.2) is 4.79 Å². The number of benzene rings is 1. The molecule has 8 nitrogen and oxygen atoms in total. The third kappa shape index (κ3) is 4.94. The Hall–Kier alpha value is -3.42. The van der Waals surface area contributed by atoms with E-state index in [4.69, 9.17) is 9.26 Å². The molecular weight excluding hydrogens is 382 g/mol. The van der Waals surface area contributed by atoms with Gasteiger partial charge in [-0.1, -0.05) is 17.3 Å². The van der Waals surface area contributed by atoms with Crippen LogP contribution in [0.1, 0.15) is 24.3 Å². The van der Waals surface area contributed by atoms with E-state index in [1.807, 2.05) is 41.3 Å². The molecule has 8 heteroatoms. The molecule has 3 heterocycles. The lowest BCUT2D eigenvalue weighted by Crippen LogP contribution is -2.44. The predicted octanol–water partition coefficient (Wildman–Crippen LogP) is 3.30. The predicted molar refractivity (Wildman–Crippen MR) is 111 cm³/mol. The van der Waals surface area contributed by atoms with Crippen molar-refractivity contribution in [2.75, 3.05) is 20.2 Å². The fraction of sp³-hybridized carbons (Fsp3) is 0.364. The highest BCUT2D eigenvalue weighted by Gasteiger charge is 2.24. The van der Waals surface area contributed by atoms with E-state index in [0.717, 1.165) is 49.2 Å². The summed E-state index contributed by atoms with van der Waals surface area (Å²) in [6, 6.07) is 11.4. The van der Waals surface area contributed by atoms with Gasteiger partial charge in [0.1, 0.15) is 5.75 Å². The van der Waals surface area contributed by atoms with Crippen molar-refractivity contribution in [3.05, 3.63) is 60.2 Å². The van der Waals surface area contributed by atoms with Gasteiger partial charge in [0.2, 0.25) is 11.7 Å². The topological polar surface area (TPSA) is 93.4 Å². The van der Waals surface area contributed by atoms with Gasteiger partial charge in [0.25, 0.3) is 0 Å². The minimum Gasteiger partial charge on any atom is -0.497 e. The molecule has 3 aromatic rings. The van der Waals surface area contributed by atoms with Crippen molar-refractivity contribution >= 4 is 6.03 Å². The number of aromatic nitrogens is 3. The summed E-state index contributed by atoms with van der Waals surface area (Å²) in [4.78, 5) is 22.8. The Kier molecular flexibility index (Phi) is 6.22. The number of methoxy groups -OCH3 is 1. The Morgan fingerprint density at radius 2 is 1.90 bits per heavy atom. The molecule has 1 aromatic carbocycles. The first-order valence-corrected chi connectivity index (χ1v) is 10.1. The monoisotopic (exact) mass is 407 g/mol. The number of hydrogen-bond donors (Lipinski definition) is 1. The van der Waals surface area contributed by atoms with E-state index < -0.39 is 0 Å². The minimum absolute atomic E-state index is 0.0259. The number of amides is 2. The van der Waals surface area contributed by atoms with Gasteiger partial charge in [0, 0.05) is 44.0 Å². The van der Waals surface area contributed by atoms with Crippen molar-refractivity contribution in [3.63, 3.8) is 0 Å². The molecule has 2 amide bonds. The zero-order chi connectivity index (χ0) is 20.8. The van der Waals surface area contributed by atoms with E-state index in [0.29, 0.717) is 24.2 Å². The van der Waals surface area contributed by atoms with Crippen LogP contribution in [-0.4, -0.2) is 46.3 Å². The summed E-state index contributed by atoms with van der Waals surface area (Å²) >= 11 is 0. The molecule has 0 atom stereocenters. The van der Waals surface area contributed by atoms with Crippen LogP contribution < -0.4 is 10.1 Å². The van der Waals surface area contributed by atoms with Crippen LogP contribution in [0.2, 0.25) is 0 Å². The quantitative estimate of drug-likeness (QED) is 0.674. The summed E-state index contributed by atoms with van der Waals surface area (Å²) in [5, 5.41) is 7.06. The number of ether oxygens (including phenoxy) is 1. The number of piperidine rings is 1. The average molecular weight is 407 g/mol. The van der Waals surface area contributed by atoms with Crippen molar-refractivity contribution in [3.8, 4) is 17.1 Å². The first-order chi connectivity index (χ1) is 14.7. The van der Waals surface area contributed by atoms with Gasteiger partial charge in [0.15, 0.2) is 0 Å². The van der Waals surface area contributed by atoms with Gasteiger partial charge in [0.05, 0.1) is 7.11 Å². The number of nitrogens with one attached hydrogen (secondary N) is 1. The minimum atomic E-state index is -0.0259. The normalized spacial score (nSPS) is 14.5. The summed E-state index contributed by atoms with van der Waals surface area (Å²) in [6.45, 7) is 1.96.